The molecule has 0 saturated carbocycles. The molecule has 2 N–H and O–H groups in total. The SMILES string of the molecule is CC1CCCN(c2ccccc2)C1=O.NS(=O)(=O)c1cccc2cccnc12. The van der Waals surface area contributed by atoms with E-state index in [0.29, 0.717) is 5.52 Å². The summed E-state index contributed by atoms with van der Waals surface area (Å²) in [6, 6.07) is 18.3. The topological polar surface area (TPSA) is 93.4 Å². The van der Waals surface area contributed by atoms with Gasteiger partial charge in [0.25, 0.3) is 0 Å². The normalized spacial score (nSPS) is 17.1. The van der Waals surface area contributed by atoms with E-state index in [9.17, 15) is 13.2 Å². The fraction of sp³-hybridized carbons (Fsp3) is 0.238. The van der Waals surface area contributed by atoms with E-state index in [1.54, 1.807) is 24.3 Å². The second-order valence-corrected chi connectivity index (χ2v) is 8.27. The number of para-hydroxylation sites is 2. The van der Waals surface area contributed by atoms with E-state index in [0.717, 1.165) is 30.5 Å². The first kappa shape index (κ1) is 20.0. The van der Waals surface area contributed by atoms with Gasteiger partial charge in [0.1, 0.15) is 4.90 Å². The molecule has 1 aliphatic rings. The minimum Gasteiger partial charge on any atom is -0.312 e. The number of fused-ring (bicyclic) bond motifs is 1. The van der Waals surface area contributed by atoms with E-state index in [4.69, 9.17) is 5.14 Å². The molecule has 4 rings (SSSR count). The molecule has 0 aliphatic carbocycles. The summed E-state index contributed by atoms with van der Waals surface area (Å²) in [5.41, 5.74) is 1.45. The molecule has 1 amide bonds. The second kappa shape index (κ2) is 8.50. The van der Waals surface area contributed by atoms with Crippen molar-refractivity contribution < 1.29 is 13.2 Å². The number of carbonyl (C=O) groups is 1. The fourth-order valence-electron chi connectivity index (χ4n) is 3.23. The highest BCUT2D eigenvalue weighted by atomic mass is 32.2. The van der Waals surface area contributed by atoms with Crippen LogP contribution < -0.4 is 10.0 Å². The van der Waals surface area contributed by atoms with Crippen LogP contribution in [0.25, 0.3) is 10.9 Å². The van der Waals surface area contributed by atoms with Gasteiger partial charge in [-0.1, -0.05) is 43.3 Å². The monoisotopic (exact) mass is 397 g/mol. The maximum atomic E-state index is 11.9. The molecular weight excluding hydrogens is 374 g/mol. The molecule has 1 saturated heterocycles. The molecule has 3 aromatic rings. The van der Waals surface area contributed by atoms with Crippen molar-refractivity contribution in [2.75, 3.05) is 11.4 Å². The van der Waals surface area contributed by atoms with E-state index in [1.807, 2.05) is 42.2 Å². The number of piperidine rings is 1. The van der Waals surface area contributed by atoms with E-state index in [1.165, 1.54) is 12.3 Å². The molecule has 0 spiro atoms. The first-order valence-corrected chi connectivity index (χ1v) is 10.7. The largest absolute Gasteiger partial charge is 0.312 e. The average molecular weight is 398 g/mol. The lowest BCUT2D eigenvalue weighted by Crippen LogP contribution is -2.40. The Hall–Kier alpha value is -2.77. The highest BCUT2D eigenvalue weighted by molar-refractivity contribution is 7.89. The lowest BCUT2D eigenvalue weighted by molar-refractivity contribution is -0.123. The Kier molecular flexibility index (Phi) is 6.06. The van der Waals surface area contributed by atoms with Crippen LogP contribution >= 0.6 is 0 Å². The molecular formula is C21H23N3O3S. The molecule has 2 aromatic carbocycles. The molecule has 1 aromatic heterocycles. The van der Waals surface area contributed by atoms with Crippen LogP contribution in [0.1, 0.15) is 19.8 Å². The molecule has 1 unspecified atom stereocenters. The van der Waals surface area contributed by atoms with Gasteiger partial charge in [0.05, 0.1) is 5.52 Å². The minimum atomic E-state index is -3.69. The highest BCUT2D eigenvalue weighted by Crippen LogP contribution is 2.23. The predicted molar refractivity (Wildman–Crippen MR) is 110 cm³/mol. The van der Waals surface area contributed by atoms with Crippen LogP contribution in [0.3, 0.4) is 0 Å². The van der Waals surface area contributed by atoms with Crippen LogP contribution in [0.4, 0.5) is 5.69 Å². The molecule has 0 radical (unpaired) electrons. The van der Waals surface area contributed by atoms with Crippen LogP contribution in [-0.2, 0) is 14.8 Å². The quantitative estimate of drug-likeness (QED) is 0.718. The zero-order valence-electron chi connectivity index (χ0n) is 15.7. The average Bonchev–Trinajstić information content (AvgIpc) is 2.70. The van der Waals surface area contributed by atoms with Crippen molar-refractivity contribution in [1.29, 1.82) is 0 Å². The molecule has 1 atom stereocenters. The summed E-state index contributed by atoms with van der Waals surface area (Å²) in [4.78, 5) is 17.8. The number of hydrogen-bond donors (Lipinski definition) is 1. The zero-order valence-corrected chi connectivity index (χ0v) is 16.5. The van der Waals surface area contributed by atoms with Gasteiger partial charge in [0, 0.05) is 29.7 Å². The van der Waals surface area contributed by atoms with Gasteiger partial charge in [-0.15, -0.1) is 0 Å². The third-order valence-electron chi connectivity index (χ3n) is 4.68. The van der Waals surface area contributed by atoms with Gasteiger partial charge in [-0.2, -0.15) is 0 Å². The zero-order chi connectivity index (χ0) is 20.1. The number of rotatable bonds is 2. The van der Waals surface area contributed by atoms with Crippen molar-refractivity contribution in [2.24, 2.45) is 11.1 Å². The van der Waals surface area contributed by atoms with Gasteiger partial charge in [0.15, 0.2) is 0 Å². The summed E-state index contributed by atoms with van der Waals surface area (Å²) in [6.07, 6.45) is 3.68. The van der Waals surface area contributed by atoms with Gasteiger partial charge in [0.2, 0.25) is 15.9 Å². The first-order chi connectivity index (χ1) is 13.4. The number of sulfonamides is 1. The molecule has 2 heterocycles. The number of anilines is 1. The molecule has 7 heteroatoms. The highest BCUT2D eigenvalue weighted by Gasteiger charge is 2.25. The Bertz CT molecular complexity index is 1060. The van der Waals surface area contributed by atoms with Crippen LogP contribution in [0.5, 0.6) is 0 Å². The van der Waals surface area contributed by atoms with Gasteiger partial charge in [-0.25, -0.2) is 13.6 Å². The number of amides is 1. The Morgan fingerprint density at radius 3 is 2.46 bits per heavy atom. The van der Waals surface area contributed by atoms with Gasteiger partial charge >= 0.3 is 0 Å². The number of nitrogens with two attached hydrogens (primary N) is 1. The molecule has 1 fully saturated rings. The standard InChI is InChI=1S/C12H15NO.C9H8N2O2S/c1-10-6-5-9-13(12(10)14)11-7-3-2-4-8-11;10-14(12,13)8-5-1-3-7-4-2-6-11-9(7)8/h2-4,7-8,10H,5-6,9H2,1H3;1-6H,(H2,10,12,13). The third-order valence-corrected chi connectivity index (χ3v) is 5.62. The summed E-state index contributed by atoms with van der Waals surface area (Å²) in [6.45, 7) is 2.88. The fourth-order valence-corrected chi connectivity index (χ4v) is 3.93. The van der Waals surface area contributed by atoms with Gasteiger partial charge in [-0.05, 0) is 37.1 Å². The maximum Gasteiger partial charge on any atom is 0.240 e. The summed E-state index contributed by atoms with van der Waals surface area (Å²) in [5, 5.41) is 5.82. The van der Waals surface area contributed by atoms with Crippen LogP contribution in [-0.4, -0.2) is 25.9 Å². The number of primary sulfonamides is 1. The van der Waals surface area contributed by atoms with E-state index in [2.05, 4.69) is 4.98 Å². The van der Waals surface area contributed by atoms with Crippen LogP contribution in [0.2, 0.25) is 0 Å². The maximum absolute atomic E-state index is 11.9. The molecule has 6 nitrogen and oxygen atoms in total. The van der Waals surface area contributed by atoms with Crippen LogP contribution in [0, 0.1) is 5.92 Å². The molecule has 146 valence electrons. The Balaban J connectivity index is 0.000000161. The summed E-state index contributed by atoms with van der Waals surface area (Å²) >= 11 is 0. The van der Waals surface area contributed by atoms with Crippen molar-refractivity contribution in [3.63, 3.8) is 0 Å². The Morgan fingerprint density at radius 2 is 1.75 bits per heavy atom. The summed E-state index contributed by atoms with van der Waals surface area (Å²) in [5.74, 6) is 0.450. The van der Waals surface area contributed by atoms with E-state index >= 15 is 0 Å². The van der Waals surface area contributed by atoms with Crippen molar-refractivity contribution in [1.82, 2.24) is 4.98 Å². The minimum absolute atomic E-state index is 0.0654. The summed E-state index contributed by atoms with van der Waals surface area (Å²) < 4.78 is 22.4. The Morgan fingerprint density at radius 1 is 1.04 bits per heavy atom. The smallest absolute Gasteiger partial charge is 0.240 e. The van der Waals surface area contributed by atoms with Crippen LogP contribution in [0.15, 0.2) is 71.8 Å². The van der Waals surface area contributed by atoms with Gasteiger partial charge < -0.3 is 4.90 Å². The molecule has 0 bridgehead atoms. The number of nitrogens with zero attached hydrogens (tertiary/aromatic N) is 2. The van der Waals surface area contributed by atoms with Crippen molar-refractivity contribution in [3.05, 3.63) is 66.9 Å². The van der Waals surface area contributed by atoms with Crippen molar-refractivity contribution in [2.45, 2.75) is 24.7 Å². The summed E-state index contributed by atoms with van der Waals surface area (Å²) in [7, 11) is -3.69. The van der Waals surface area contributed by atoms with Gasteiger partial charge in [-0.3, -0.25) is 9.78 Å². The number of benzene rings is 2. The number of pyridine rings is 1. The predicted octanol–water partition coefficient (Wildman–Crippen LogP) is 3.33. The number of hydrogen-bond acceptors (Lipinski definition) is 4. The van der Waals surface area contributed by atoms with Crippen molar-refractivity contribution >= 4 is 32.5 Å². The number of carbonyl (C=O) groups excluding carboxylic acids is 1. The first-order valence-electron chi connectivity index (χ1n) is 9.11. The van der Waals surface area contributed by atoms with E-state index < -0.39 is 10.0 Å². The number of aromatic nitrogens is 1. The molecule has 28 heavy (non-hydrogen) atoms. The lowest BCUT2D eigenvalue weighted by atomic mass is 9.99. The third kappa shape index (κ3) is 4.55. The molecule has 1 aliphatic heterocycles. The second-order valence-electron chi connectivity index (χ2n) is 6.74. The lowest BCUT2D eigenvalue weighted by Gasteiger charge is -2.30. The van der Waals surface area contributed by atoms with Crippen molar-refractivity contribution in [3.8, 4) is 0 Å². The Labute approximate surface area is 165 Å². The van der Waals surface area contributed by atoms with E-state index in [-0.39, 0.29) is 16.7 Å².